The number of halogens is 1. The molecule has 0 saturated carbocycles. The van der Waals surface area contributed by atoms with Gasteiger partial charge in [-0.05, 0) is 29.8 Å². The summed E-state index contributed by atoms with van der Waals surface area (Å²) in [4.78, 5) is 13.8. The molecule has 0 aromatic heterocycles. The Morgan fingerprint density at radius 2 is 2.05 bits per heavy atom. The predicted molar refractivity (Wildman–Crippen MR) is 78.2 cm³/mol. The van der Waals surface area contributed by atoms with Crippen molar-refractivity contribution in [2.45, 2.75) is 6.54 Å². The Morgan fingerprint density at radius 3 is 2.80 bits per heavy atom. The lowest BCUT2D eigenvalue weighted by Crippen LogP contribution is -2.17. The van der Waals surface area contributed by atoms with E-state index in [1.54, 1.807) is 36.2 Å². The number of nitrogens with two attached hydrogens (primary N) is 1. The van der Waals surface area contributed by atoms with E-state index in [0.717, 1.165) is 5.56 Å². The van der Waals surface area contributed by atoms with Crippen molar-refractivity contribution in [2.24, 2.45) is 0 Å². The van der Waals surface area contributed by atoms with Crippen molar-refractivity contribution in [1.29, 1.82) is 0 Å². The van der Waals surface area contributed by atoms with Crippen LogP contribution in [0, 0.1) is 0 Å². The molecular formula is C15H13ClN2O2. The summed E-state index contributed by atoms with van der Waals surface area (Å²) < 4.78 is 5.79. The van der Waals surface area contributed by atoms with Crippen LogP contribution in [0.25, 0.3) is 0 Å². The van der Waals surface area contributed by atoms with Gasteiger partial charge in [0.2, 0.25) is 0 Å². The molecule has 2 aromatic carbocycles. The monoisotopic (exact) mass is 288 g/mol. The highest BCUT2D eigenvalue weighted by molar-refractivity contribution is 6.32. The Kier molecular flexibility index (Phi) is 3.03. The van der Waals surface area contributed by atoms with E-state index in [4.69, 9.17) is 22.1 Å². The molecule has 1 heterocycles. The van der Waals surface area contributed by atoms with Gasteiger partial charge in [-0.3, -0.25) is 4.79 Å². The normalized spacial score (nSPS) is 13.5. The molecule has 2 aromatic rings. The number of hydrogen-bond acceptors (Lipinski definition) is 3. The number of ether oxygens (including phenoxy) is 1. The summed E-state index contributed by atoms with van der Waals surface area (Å²) in [6.07, 6.45) is 0. The van der Waals surface area contributed by atoms with Gasteiger partial charge in [0.25, 0.3) is 5.91 Å². The van der Waals surface area contributed by atoms with E-state index in [0.29, 0.717) is 34.3 Å². The number of amides is 1. The maximum Gasteiger partial charge on any atom is 0.258 e. The summed E-state index contributed by atoms with van der Waals surface area (Å²) >= 11 is 6.10. The van der Waals surface area contributed by atoms with E-state index >= 15 is 0 Å². The molecule has 4 nitrogen and oxygen atoms in total. The first-order valence-electron chi connectivity index (χ1n) is 6.16. The van der Waals surface area contributed by atoms with Crippen molar-refractivity contribution in [3.63, 3.8) is 0 Å². The van der Waals surface area contributed by atoms with Crippen LogP contribution in [0.1, 0.15) is 15.9 Å². The van der Waals surface area contributed by atoms with E-state index in [-0.39, 0.29) is 5.91 Å². The molecule has 1 amide bonds. The first-order valence-corrected chi connectivity index (χ1v) is 6.54. The highest BCUT2D eigenvalue weighted by Crippen LogP contribution is 2.36. The number of rotatable bonds is 2. The zero-order valence-electron chi connectivity index (χ0n) is 10.9. The molecule has 0 fully saturated rings. The average Bonchev–Trinajstić information content (AvgIpc) is 2.69. The molecule has 1 aliphatic heterocycles. The number of nitrogens with zero attached hydrogens (tertiary/aromatic N) is 1. The van der Waals surface area contributed by atoms with Crippen molar-refractivity contribution in [3.05, 3.63) is 52.5 Å². The van der Waals surface area contributed by atoms with Gasteiger partial charge in [-0.2, -0.15) is 0 Å². The van der Waals surface area contributed by atoms with Gasteiger partial charge in [-0.15, -0.1) is 0 Å². The lowest BCUT2D eigenvalue weighted by atomic mass is 10.1. The van der Waals surface area contributed by atoms with Crippen molar-refractivity contribution in [1.82, 2.24) is 4.90 Å². The maximum atomic E-state index is 12.1. The quantitative estimate of drug-likeness (QED) is 0.863. The van der Waals surface area contributed by atoms with E-state index < -0.39 is 0 Å². The van der Waals surface area contributed by atoms with Gasteiger partial charge >= 0.3 is 0 Å². The molecule has 5 heteroatoms. The van der Waals surface area contributed by atoms with Gasteiger partial charge in [0.15, 0.2) is 0 Å². The number of nitrogen functional groups attached to an aromatic ring is 1. The van der Waals surface area contributed by atoms with Crippen LogP contribution in [-0.2, 0) is 6.54 Å². The molecule has 0 aliphatic carbocycles. The van der Waals surface area contributed by atoms with Gasteiger partial charge in [0.1, 0.15) is 11.5 Å². The molecule has 0 bridgehead atoms. The summed E-state index contributed by atoms with van der Waals surface area (Å²) in [7, 11) is 1.77. The second-order valence-corrected chi connectivity index (χ2v) is 5.15. The van der Waals surface area contributed by atoms with Crippen molar-refractivity contribution in [2.75, 3.05) is 12.8 Å². The maximum absolute atomic E-state index is 12.1. The summed E-state index contributed by atoms with van der Waals surface area (Å²) in [6.45, 7) is 0.598. The summed E-state index contributed by atoms with van der Waals surface area (Å²) in [5, 5.41) is 0.418. The van der Waals surface area contributed by atoms with Crippen LogP contribution in [0.3, 0.4) is 0 Å². The summed E-state index contributed by atoms with van der Waals surface area (Å²) in [6, 6.07) is 10.6. The Hall–Kier alpha value is -2.20. The molecule has 2 N–H and O–H groups in total. The molecule has 0 spiro atoms. The first-order chi connectivity index (χ1) is 9.56. The number of hydrogen-bond donors (Lipinski definition) is 1. The second kappa shape index (κ2) is 4.72. The van der Waals surface area contributed by atoms with Gasteiger partial charge < -0.3 is 15.4 Å². The SMILES string of the molecule is CN1Cc2cccc(Oc3ccc(N)cc3Cl)c2C1=O. The highest BCUT2D eigenvalue weighted by Gasteiger charge is 2.28. The fraction of sp³-hybridized carbons (Fsp3) is 0.133. The highest BCUT2D eigenvalue weighted by atomic mass is 35.5. The van der Waals surface area contributed by atoms with Crippen LogP contribution < -0.4 is 10.5 Å². The van der Waals surface area contributed by atoms with Crippen LogP contribution in [-0.4, -0.2) is 17.9 Å². The lowest BCUT2D eigenvalue weighted by Gasteiger charge is -2.11. The molecule has 0 saturated heterocycles. The van der Waals surface area contributed by atoms with Crippen LogP contribution in [0.5, 0.6) is 11.5 Å². The van der Waals surface area contributed by atoms with Crippen LogP contribution >= 0.6 is 11.6 Å². The third kappa shape index (κ3) is 2.08. The predicted octanol–water partition coefficient (Wildman–Crippen LogP) is 3.30. The molecule has 0 unspecified atom stereocenters. The van der Waals surface area contributed by atoms with E-state index in [9.17, 15) is 4.79 Å². The lowest BCUT2D eigenvalue weighted by molar-refractivity contribution is 0.0814. The van der Waals surface area contributed by atoms with Crippen molar-refractivity contribution in [3.8, 4) is 11.5 Å². The molecule has 102 valence electrons. The Bertz CT molecular complexity index is 700. The summed E-state index contributed by atoms with van der Waals surface area (Å²) in [5.74, 6) is 0.960. The van der Waals surface area contributed by atoms with Crippen molar-refractivity contribution >= 4 is 23.2 Å². The number of carbonyl (C=O) groups excluding carboxylic acids is 1. The molecule has 3 rings (SSSR count). The molecule has 20 heavy (non-hydrogen) atoms. The van der Waals surface area contributed by atoms with Gasteiger partial charge in [-0.25, -0.2) is 0 Å². The molecular weight excluding hydrogens is 276 g/mol. The third-order valence-corrected chi connectivity index (χ3v) is 3.55. The van der Waals surface area contributed by atoms with Gasteiger partial charge in [0, 0.05) is 19.3 Å². The van der Waals surface area contributed by atoms with Crippen LogP contribution in [0.15, 0.2) is 36.4 Å². The van der Waals surface area contributed by atoms with E-state index in [1.807, 2.05) is 12.1 Å². The zero-order valence-corrected chi connectivity index (χ0v) is 11.6. The minimum atomic E-state index is -0.0397. The Labute approximate surface area is 121 Å². The zero-order chi connectivity index (χ0) is 14.3. The smallest absolute Gasteiger partial charge is 0.258 e. The number of anilines is 1. The minimum Gasteiger partial charge on any atom is -0.455 e. The molecule has 0 radical (unpaired) electrons. The van der Waals surface area contributed by atoms with E-state index in [1.165, 1.54) is 0 Å². The fourth-order valence-corrected chi connectivity index (χ4v) is 2.50. The molecule has 1 aliphatic rings. The Morgan fingerprint density at radius 1 is 1.25 bits per heavy atom. The molecule has 0 atom stereocenters. The second-order valence-electron chi connectivity index (χ2n) is 4.74. The Balaban J connectivity index is 2.01. The van der Waals surface area contributed by atoms with Gasteiger partial charge in [-0.1, -0.05) is 23.7 Å². The average molecular weight is 289 g/mol. The van der Waals surface area contributed by atoms with Crippen molar-refractivity contribution < 1.29 is 9.53 Å². The van der Waals surface area contributed by atoms with Gasteiger partial charge in [0.05, 0.1) is 10.6 Å². The van der Waals surface area contributed by atoms with Crippen LogP contribution in [0.4, 0.5) is 5.69 Å². The minimum absolute atomic E-state index is 0.0397. The number of fused-ring (bicyclic) bond motifs is 1. The number of carbonyl (C=O) groups is 1. The number of benzene rings is 2. The first kappa shape index (κ1) is 12.8. The topological polar surface area (TPSA) is 55.6 Å². The standard InChI is InChI=1S/C15H13ClN2O2/c1-18-8-9-3-2-4-13(14(9)15(18)19)20-12-6-5-10(17)7-11(12)16/h2-7H,8,17H2,1H3. The third-order valence-electron chi connectivity index (χ3n) is 3.26. The fourth-order valence-electron chi connectivity index (χ4n) is 2.27. The van der Waals surface area contributed by atoms with E-state index in [2.05, 4.69) is 0 Å². The van der Waals surface area contributed by atoms with Crippen LogP contribution in [0.2, 0.25) is 5.02 Å². The summed E-state index contributed by atoms with van der Waals surface area (Å²) in [5.41, 5.74) is 7.78. The largest absolute Gasteiger partial charge is 0.455 e.